The van der Waals surface area contributed by atoms with Crippen molar-refractivity contribution in [1.29, 1.82) is 0 Å². The van der Waals surface area contributed by atoms with Crippen LogP contribution in [-0.4, -0.2) is 37.4 Å². The summed E-state index contributed by atoms with van der Waals surface area (Å²) in [7, 11) is -3.64. The summed E-state index contributed by atoms with van der Waals surface area (Å²) in [5, 5.41) is 0. The minimum absolute atomic E-state index is 0.0671. The summed E-state index contributed by atoms with van der Waals surface area (Å²) in [5.74, 6) is -0.954. The molecule has 1 N–H and O–H groups in total. The Morgan fingerprint density at radius 3 is 2.28 bits per heavy atom. The molecule has 0 aliphatic heterocycles. The third-order valence-electron chi connectivity index (χ3n) is 4.89. The lowest BCUT2D eigenvalue weighted by Gasteiger charge is -2.12. The van der Waals surface area contributed by atoms with Crippen LogP contribution in [0.3, 0.4) is 0 Å². The van der Waals surface area contributed by atoms with Gasteiger partial charge < -0.3 is 9.30 Å². The zero-order valence-corrected chi connectivity index (χ0v) is 18.3. The lowest BCUT2D eigenvalue weighted by Crippen LogP contribution is -2.32. The molecule has 0 saturated heterocycles. The molecule has 0 saturated carbocycles. The number of nitrogens with one attached hydrogen (secondary N) is 1. The van der Waals surface area contributed by atoms with E-state index >= 15 is 0 Å². The van der Waals surface area contributed by atoms with Crippen molar-refractivity contribution in [3.63, 3.8) is 0 Å². The molecular formula is C21H28N2O5S. The summed E-state index contributed by atoms with van der Waals surface area (Å²) in [5.41, 5.74) is 2.53. The molecule has 1 heterocycles. The Bertz CT molecular complexity index is 991. The van der Waals surface area contributed by atoms with Crippen molar-refractivity contribution in [2.75, 3.05) is 6.61 Å². The first-order valence-corrected chi connectivity index (χ1v) is 11.1. The number of hydrogen-bond acceptors (Lipinski definition) is 5. The molecule has 0 radical (unpaired) electrons. The number of sulfonamides is 1. The average Bonchev–Trinajstić information content (AvgIpc) is 2.98. The van der Waals surface area contributed by atoms with E-state index < -0.39 is 16.0 Å². The van der Waals surface area contributed by atoms with Gasteiger partial charge in [0.1, 0.15) is 0 Å². The van der Waals surface area contributed by atoms with Crippen LogP contribution < -0.4 is 4.72 Å². The minimum Gasteiger partial charge on any atom is -0.454 e. The Balaban J connectivity index is 2.04. The van der Waals surface area contributed by atoms with Crippen molar-refractivity contribution in [3.8, 4) is 0 Å². The molecule has 0 unspecified atom stereocenters. The number of rotatable bonds is 9. The molecule has 0 aliphatic rings. The molecule has 0 bridgehead atoms. The molecule has 0 spiro atoms. The molecule has 158 valence electrons. The van der Waals surface area contributed by atoms with Crippen LogP contribution >= 0.6 is 0 Å². The molecular weight excluding hydrogens is 392 g/mol. The lowest BCUT2D eigenvalue weighted by atomic mass is 10.1. The van der Waals surface area contributed by atoms with Crippen molar-refractivity contribution in [2.45, 2.75) is 58.5 Å². The number of aromatic nitrogens is 1. The maximum atomic E-state index is 12.4. The highest BCUT2D eigenvalue weighted by Gasteiger charge is 2.19. The third kappa shape index (κ3) is 5.33. The summed E-state index contributed by atoms with van der Waals surface area (Å²) in [4.78, 5) is 24.7. The predicted molar refractivity (Wildman–Crippen MR) is 111 cm³/mol. The second kappa shape index (κ2) is 9.37. The van der Waals surface area contributed by atoms with Crippen LogP contribution in [0.4, 0.5) is 0 Å². The van der Waals surface area contributed by atoms with Gasteiger partial charge >= 0.3 is 5.97 Å². The first-order chi connectivity index (χ1) is 13.6. The summed E-state index contributed by atoms with van der Waals surface area (Å²) in [6, 6.07) is 7.04. The number of carbonyl (C=O) groups excluding carboxylic acids is 2. The number of hydrogen-bond donors (Lipinski definition) is 1. The van der Waals surface area contributed by atoms with Gasteiger partial charge in [-0.1, -0.05) is 6.92 Å². The fraction of sp³-hybridized carbons (Fsp3) is 0.429. The van der Waals surface area contributed by atoms with Gasteiger partial charge in [0.25, 0.3) is 0 Å². The Hall–Kier alpha value is -2.45. The quantitative estimate of drug-likeness (QED) is 0.496. The molecule has 0 fully saturated rings. The Kier molecular flexibility index (Phi) is 7.37. The standard InChI is InChI=1S/C21H28N2O5S/c1-6-14(3)22-29(26,27)18-10-8-17(9-11-18)21(25)28-13-20(24)19-12-15(4)23(7-2)16(19)5/h8-12,14,22H,6-7,13H2,1-5H3/t14-/m1/s1. The van der Waals surface area contributed by atoms with Gasteiger partial charge in [-0.15, -0.1) is 0 Å². The van der Waals surface area contributed by atoms with Gasteiger partial charge in [0.2, 0.25) is 15.8 Å². The van der Waals surface area contributed by atoms with E-state index in [4.69, 9.17) is 4.74 Å². The topological polar surface area (TPSA) is 94.5 Å². The van der Waals surface area contributed by atoms with Crippen LogP contribution in [-0.2, 0) is 21.3 Å². The van der Waals surface area contributed by atoms with Crippen molar-refractivity contribution in [2.24, 2.45) is 0 Å². The molecule has 2 rings (SSSR count). The number of aryl methyl sites for hydroxylation is 1. The number of ether oxygens (including phenoxy) is 1. The minimum atomic E-state index is -3.64. The van der Waals surface area contributed by atoms with E-state index in [2.05, 4.69) is 4.72 Å². The highest BCUT2D eigenvalue weighted by atomic mass is 32.2. The number of nitrogens with zero attached hydrogens (tertiary/aromatic N) is 1. The second-order valence-electron chi connectivity index (χ2n) is 6.98. The zero-order valence-electron chi connectivity index (χ0n) is 17.5. The van der Waals surface area contributed by atoms with Crippen LogP contribution in [0.25, 0.3) is 0 Å². The second-order valence-corrected chi connectivity index (χ2v) is 8.70. The van der Waals surface area contributed by atoms with Gasteiger partial charge in [-0.05, 0) is 64.4 Å². The molecule has 1 aromatic heterocycles. The van der Waals surface area contributed by atoms with E-state index in [0.717, 1.165) is 17.9 Å². The van der Waals surface area contributed by atoms with Crippen molar-refractivity contribution < 1.29 is 22.7 Å². The van der Waals surface area contributed by atoms with Gasteiger partial charge in [0.15, 0.2) is 6.61 Å². The van der Waals surface area contributed by atoms with E-state index in [0.29, 0.717) is 12.0 Å². The molecule has 8 heteroatoms. The number of carbonyl (C=O) groups is 2. The van der Waals surface area contributed by atoms with Crippen molar-refractivity contribution in [1.82, 2.24) is 9.29 Å². The van der Waals surface area contributed by atoms with Crippen molar-refractivity contribution >= 4 is 21.8 Å². The number of ketones is 1. The Morgan fingerprint density at radius 1 is 1.14 bits per heavy atom. The van der Waals surface area contributed by atoms with E-state index in [-0.39, 0.29) is 28.9 Å². The summed E-state index contributed by atoms with van der Waals surface area (Å²) in [6.45, 7) is 9.82. The van der Waals surface area contributed by atoms with E-state index in [9.17, 15) is 18.0 Å². The fourth-order valence-corrected chi connectivity index (χ4v) is 4.38. The molecule has 2 aromatic rings. The molecule has 0 aliphatic carbocycles. The first-order valence-electron chi connectivity index (χ1n) is 9.60. The Morgan fingerprint density at radius 2 is 1.76 bits per heavy atom. The maximum absolute atomic E-state index is 12.4. The SMILES string of the molecule is CC[C@@H](C)NS(=O)(=O)c1ccc(C(=O)OCC(=O)c2cc(C)n(CC)c2C)cc1. The monoisotopic (exact) mass is 420 g/mol. The molecule has 1 aromatic carbocycles. The maximum Gasteiger partial charge on any atom is 0.338 e. The average molecular weight is 421 g/mol. The smallest absolute Gasteiger partial charge is 0.338 e. The molecule has 1 atom stereocenters. The first kappa shape index (κ1) is 22.8. The lowest BCUT2D eigenvalue weighted by molar-refractivity contribution is 0.0474. The summed E-state index contributed by atoms with van der Waals surface area (Å²) >= 11 is 0. The fourth-order valence-electron chi connectivity index (χ4n) is 3.05. The zero-order chi connectivity index (χ0) is 21.8. The van der Waals surface area contributed by atoms with Crippen LogP contribution in [0.15, 0.2) is 35.2 Å². The van der Waals surface area contributed by atoms with E-state index in [1.54, 1.807) is 13.0 Å². The normalized spacial score (nSPS) is 12.6. The van der Waals surface area contributed by atoms with Gasteiger partial charge in [-0.2, -0.15) is 0 Å². The van der Waals surface area contributed by atoms with Crippen molar-refractivity contribution in [3.05, 3.63) is 52.8 Å². The van der Waals surface area contributed by atoms with Gasteiger partial charge in [-0.3, -0.25) is 4.79 Å². The predicted octanol–water partition coefficient (Wildman–Crippen LogP) is 3.24. The summed E-state index contributed by atoms with van der Waals surface area (Å²) < 4.78 is 34.2. The highest BCUT2D eigenvalue weighted by molar-refractivity contribution is 7.89. The van der Waals surface area contributed by atoms with E-state index in [1.807, 2.05) is 32.3 Å². The van der Waals surface area contributed by atoms with E-state index in [1.165, 1.54) is 24.3 Å². The van der Waals surface area contributed by atoms with Crippen LogP contribution in [0.1, 0.15) is 59.3 Å². The van der Waals surface area contributed by atoms with Gasteiger partial charge in [0.05, 0.1) is 10.5 Å². The van der Waals surface area contributed by atoms with Crippen LogP contribution in [0.2, 0.25) is 0 Å². The number of Topliss-reactive ketones (excluding diaryl/α,β-unsaturated/α-hetero) is 1. The molecule has 7 nitrogen and oxygen atoms in total. The number of benzene rings is 1. The van der Waals surface area contributed by atoms with Gasteiger partial charge in [-0.25, -0.2) is 17.9 Å². The van der Waals surface area contributed by atoms with Crippen LogP contribution in [0.5, 0.6) is 0 Å². The molecule has 0 amide bonds. The van der Waals surface area contributed by atoms with Crippen LogP contribution in [0, 0.1) is 13.8 Å². The Labute approximate surface area is 172 Å². The highest BCUT2D eigenvalue weighted by Crippen LogP contribution is 2.16. The van der Waals surface area contributed by atoms with Gasteiger partial charge in [0, 0.05) is 29.5 Å². The molecule has 29 heavy (non-hydrogen) atoms. The third-order valence-corrected chi connectivity index (χ3v) is 6.50. The largest absolute Gasteiger partial charge is 0.454 e. The summed E-state index contributed by atoms with van der Waals surface area (Å²) in [6.07, 6.45) is 0.665. The number of esters is 1.